The molecule has 0 atom stereocenters. The molecular weight excluding hydrogens is 255 g/mol. The Morgan fingerprint density at radius 1 is 1.30 bits per heavy atom. The van der Waals surface area contributed by atoms with E-state index < -0.39 is 5.82 Å². The zero-order valence-electron chi connectivity index (χ0n) is 12.0. The summed E-state index contributed by atoms with van der Waals surface area (Å²) >= 11 is 0. The quantitative estimate of drug-likeness (QED) is 0.840. The van der Waals surface area contributed by atoms with Gasteiger partial charge in [-0.05, 0) is 44.2 Å². The van der Waals surface area contributed by atoms with Crippen LogP contribution in [-0.4, -0.2) is 21.4 Å². The van der Waals surface area contributed by atoms with E-state index in [1.54, 1.807) is 17.0 Å². The van der Waals surface area contributed by atoms with Gasteiger partial charge >= 0.3 is 0 Å². The van der Waals surface area contributed by atoms with Gasteiger partial charge in [-0.3, -0.25) is 4.79 Å². The molecule has 20 heavy (non-hydrogen) atoms. The number of hydrogen-bond donors (Lipinski definition) is 0. The van der Waals surface area contributed by atoms with Crippen LogP contribution in [-0.2, 0) is 13.6 Å². The lowest BCUT2D eigenvalue weighted by Crippen LogP contribution is -2.36. The lowest BCUT2D eigenvalue weighted by molar-refractivity contribution is 0.0686. The van der Waals surface area contributed by atoms with Crippen molar-refractivity contribution in [3.05, 3.63) is 59.7 Å². The molecule has 1 amide bonds. The van der Waals surface area contributed by atoms with Crippen LogP contribution in [0.3, 0.4) is 0 Å². The molecular formula is C16H19FN2O. The molecule has 0 unspecified atom stereocenters. The van der Waals surface area contributed by atoms with E-state index in [-0.39, 0.29) is 11.9 Å². The highest BCUT2D eigenvalue weighted by Gasteiger charge is 2.20. The molecule has 0 bridgehead atoms. The van der Waals surface area contributed by atoms with Crippen molar-refractivity contribution in [2.24, 2.45) is 7.05 Å². The maximum atomic E-state index is 13.3. The molecule has 0 radical (unpaired) electrons. The van der Waals surface area contributed by atoms with Crippen LogP contribution in [0.15, 0.2) is 42.6 Å². The minimum absolute atomic E-state index is 0.0423. The highest BCUT2D eigenvalue weighted by atomic mass is 19.1. The van der Waals surface area contributed by atoms with Gasteiger partial charge in [0.05, 0.1) is 6.54 Å². The zero-order chi connectivity index (χ0) is 14.7. The van der Waals surface area contributed by atoms with E-state index in [9.17, 15) is 9.18 Å². The third-order valence-corrected chi connectivity index (χ3v) is 3.34. The van der Waals surface area contributed by atoms with Gasteiger partial charge in [0.15, 0.2) is 0 Å². The van der Waals surface area contributed by atoms with Crippen molar-refractivity contribution >= 4 is 5.91 Å². The van der Waals surface area contributed by atoms with E-state index in [4.69, 9.17) is 0 Å². The van der Waals surface area contributed by atoms with E-state index in [0.29, 0.717) is 12.1 Å². The Bertz CT molecular complexity index is 604. The van der Waals surface area contributed by atoms with Gasteiger partial charge in [0.25, 0.3) is 5.91 Å². The molecule has 1 aromatic heterocycles. The van der Waals surface area contributed by atoms with E-state index in [0.717, 1.165) is 5.69 Å². The number of carbonyl (C=O) groups excluding carboxylic acids is 1. The Balaban J connectivity index is 2.25. The number of carbonyl (C=O) groups is 1. The largest absolute Gasteiger partial charge is 0.353 e. The summed E-state index contributed by atoms with van der Waals surface area (Å²) in [5.41, 5.74) is 1.43. The second-order valence-corrected chi connectivity index (χ2v) is 5.15. The second kappa shape index (κ2) is 5.90. The summed E-state index contributed by atoms with van der Waals surface area (Å²) in [4.78, 5) is 14.3. The SMILES string of the molecule is CC(C)N(Cc1cccn1C)C(=O)c1cccc(F)c1. The van der Waals surface area contributed by atoms with Crippen molar-refractivity contribution in [1.29, 1.82) is 0 Å². The summed E-state index contributed by atoms with van der Waals surface area (Å²) in [6.07, 6.45) is 1.94. The van der Waals surface area contributed by atoms with Crippen LogP contribution in [0.4, 0.5) is 4.39 Å². The predicted octanol–water partition coefficient (Wildman–Crippen LogP) is 3.22. The van der Waals surface area contributed by atoms with Crippen LogP contribution in [0.1, 0.15) is 29.9 Å². The Labute approximate surface area is 118 Å². The van der Waals surface area contributed by atoms with Gasteiger partial charge in [-0.2, -0.15) is 0 Å². The van der Waals surface area contributed by atoms with Crippen LogP contribution < -0.4 is 0 Å². The standard InChI is InChI=1S/C16H19FN2O/c1-12(2)19(11-15-8-5-9-18(15)3)16(20)13-6-4-7-14(17)10-13/h4-10,12H,11H2,1-3H3. The van der Waals surface area contributed by atoms with Gasteiger partial charge in [0.1, 0.15) is 5.82 Å². The van der Waals surface area contributed by atoms with Crippen molar-refractivity contribution in [3.8, 4) is 0 Å². The van der Waals surface area contributed by atoms with Crippen molar-refractivity contribution in [1.82, 2.24) is 9.47 Å². The smallest absolute Gasteiger partial charge is 0.254 e. The number of amides is 1. The van der Waals surface area contributed by atoms with Crippen LogP contribution in [0.25, 0.3) is 0 Å². The van der Waals surface area contributed by atoms with E-state index in [1.165, 1.54) is 12.1 Å². The first-order chi connectivity index (χ1) is 9.49. The third-order valence-electron chi connectivity index (χ3n) is 3.34. The molecule has 0 fully saturated rings. The maximum absolute atomic E-state index is 13.3. The number of aromatic nitrogens is 1. The molecule has 0 aliphatic carbocycles. The van der Waals surface area contributed by atoms with Gasteiger partial charge in [-0.1, -0.05) is 6.07 Å². The monoisotopic (exact) mass is 274 g/mol. The Morgan fingerprint density at radius 2 is 2.05 bits per heavy atom. The van der Waals surface area contributed by atoms with Crippen molar-refractivity contribution in [3.63, 3.8) is 0 Å². The molecule has 1 aromatic carbocycles. The number of hydrogen-bond acceptors (Lipinski definition) is 1. The number of nitrogens with zero attached hydrogens (tertiary/aromatic N) is 2. The average Bonchev–Trinajstić information content (AvgIpc) is 2.80. The lowest BCUT2D eigenvalue weighted by Gasteiger charge is -2.27. The summed E-state index contributed by atoms with van der Waals surface area (Å²) in [5.74, 6) is -0.542. The first kappa shape index (κ1) is 14.3. The Hall–Kier alpha value is -2.10. The van der Waals surface area contributed by atoms with Crippen molar-refractivity contribution < 1.29 is 9.18 Å². The molecule has 1 heterocycles. The molecule has 0 N–H and O–H groups in total. The van der Waals surface area contributed by atoms with Crippen LogP contribution in [0.5, 0.6) is 0 Å². The average molecular weight is 274 g/mol. The van der Waals surface area contributed by atoms with Gasteiger partial charge in [-0.15, -0.1) is 0 Å². The van der Waals surface area contributed by atoms with Crippen molar-refractivity contribution in [2.45, 2.75) is 26.4 Å². The molecule has 3 nitrogen and oxygen atoms in total. The summed E-state index contributed by atoms with van der Waals surface area (Å²) in [6, 6.07) is 9.79. The number of aryl methyl sites for hydroxylation is 1. The fraction of sp³-hybridized carbons (Fsp3) is 0.312. The minimum Gasteiger partial charge on any atom is -0.353 e. The van der Waals surface area contributed by atoms with E-state index in [1.807, 2.05) is 43.8 Å². The van der Waals surface area contributed by atoms with E-state index in [2.05, 4.69) is 0 Å². The lowest BCUT2D eigenvalue weighted by atomic mass is 10.1. The Kier molecular flexibility index (Phi) is 4.23. The van der Waals surface area contributed by atoms with Gasteiger partial charge in [-0.25, -0.2) is 4.39 Å². The zero-order valence-corrected chi connectivity index (χ0v) is 12.0. The van der Waals surface area contributed by atoms with Crippen molar-refractivity contribution in [2.75, 3.05) is 0 Å². The molecule has 106 valence electrons. The number of benzene rings is 1. The predicted molar refractivity (Wildman–Crippen MR) is 76.8 cm³/mol. The first-order valence-corrected chi connectivity index (χ1v) is 6.66. The van der Waals surface area contributed by atoms with Gasteiger partial charge in [0.2, 0.25) is 0 Å². The molecule has 0 aliphatic heterocycles. The number of halogens is 1. The van der Waals surface area contributed by atoms with Crippen LogP contribution in [0, 0.1) is 5.82 Å². The molecule has 0 saturated heterocycles. The van der Waals surface area contributed by atoms with Crippen LogP contribution in [0.2, 0.25) is 0 Å². The highest BCUT2D eigenvalue weighted by molar-refractivity contribution is 5.94. The topological polar surface area (TPSA) is 25.2 Å². The van der Waals surface area contributed by atoms with Gasteiger partial charge < -0.3 is 9.47 Å². The molecule has 2 aromatic rings. The minimum atomic E-state index is -0.390. The summed E-state index contributed by atoms with van der Waals surface area (Å²) < 4.78 is 15.2. The molecule has 0 saturated carbocycles. The molecule has 2 rings (SSSR count). The maximum Gasteiger partial charge on any atom is 0.254 e. The fourth-order valence-corrected chi connectivity index (χ4v) is 2.11. The first-order valence-electron chi connectivity index (χ1n) is 6.66. The molecule has 0 spiro atoms. The summed E-state index contributed by atoms with van der Waals surface area (Å²) in [7, 11) is 1.94. The van der Waals surface area contributed by atoms with Gasteiger partial charge in [0, 0.05) is 30.5 Å². The highest BCUT2D eigenvalue weighted by Crippen LogP contribution is 2.14. The molecule has 4 heteroatoms. The fourth-order valence-electron chi connectivity index (χ4n) is 2.11. The van der Waals surface area contributed by atoms with E-state index >= 15 is 0 Å². The molecule has 0 aliphatic rings. The van der Waals surface area contributed by atoms with Crippen LogP contribution >= 0.6 is 0 Å². The second-order valence-electron chi connectivity index (χ2n) is 5.15. The number of rotatable bonds is 4. The summed E-state index contributed by atoms with van der Waals surface area (Å²) in [6.45, 7) is 4.43. The summed E-state index contributed by atoms with van der Waals surface area (Å²) in [5, 5.41) is 0. The normalized spacial score (nSPS) is 10.8. The Morgan fingerprint density at radius 3 is 2.60 bits per heavy atom. The third kappa shape index (κ3) is 3.07.